The number of pyridine rings is 2. The van der Waals surface area contributed by atoms with Crippen LogP contribution in [-0.4, -0.2) is 60.2 Å². The molecule has 1 aliphatic rings. The maximum atomic E-state index is 13.1. The molecule has 8 nitrogen and oxygen atoms in total. The van der Waals surface area contributed by atoms with Crippen molar-refractivity contribution in [2.24, 2.45) is 0 Å². The summed E-state index contributed by atoms with van der Waals surface area (Å²) in [6.45, 7) is 8.01. The molecule has 2 aromatic rings. The van der Waals surface area contributed by atoms with Crippen LogP contribution in [-0.2, 0) is 15.1 Å². The minimum Gasteiger partial charge on any atom is -0.481 e. The van der Waals surface area contributed by atoms with Crippen LogP contribution >= 0.6 is 0 Å². The van der Waals surface area contributed by atoms with E-state index in [1.54, 1.807) is 19.4 Å². The Kier molecular flexibility index (Phi) is 8.23. The summed E-state index contributed by atoms with van der Waals surface area (Å²) in [5.74, 6) is 1.30. The molecule has 1 amide bonds. The molecule has 0 saturated heterocycles. The fourth-order valence-electron chi connectivity index (χ4n) is 4.19. The standard InChI is InChI=1S/C25H33N5O3/c1-5-29(17-19(3)30(6-2)22-12-11-20(15-26)16-27-22)24(31)18-33-25(13-8-14-25)21-9-7-10-23(28-21)32-4/h7,9-12,16,19H,5-6,8,13-14,17-18H2,1-4H3. The fourth-order valence-corrected chi connectivity index (χ4v) is 4.19. The van der Waals surface area contributed by atoms with Crippen molar-refractivity contribution < 1.29 is 14.3 Å². The molecular weight excluding hydrogens is 418 g/mol. The summed E-state index contributed by atoms with van der Waals surface area (Å²) in [6, 6.07) is 11.4. The van der Waals surface area contributed by atoms with Gasteiger partial charge in [-0.3, -0.25) is 4.79 Å². The van der Waals surface area contributed by atoms with E-state index in [9.17, 15) is 4.79 Å². The first-order chi connectivity index (χ1) is 16.0. The molecule has 1 fully saturated rings. The number of methoxy groups -OCH3 is 1. The Bertz CT molecular complexity index is 969. The summed E-state index contributed by atoms with van der Waals surface area (Å²) in [5.41, 5.74) is 0.832. The number of carbonyl (C=O) groups excluding carboxylic acids is 1. The Labute approximate surface area is 196 Å². The highest BCUT2D eigenvalue weighted by molar-refractivity contribution is 5.77. The molecule has 176 valence electrons. The first-order valence-electron chi connectivity index (χ1n) is 11.5. The number of hydrogen-bond acceptors (Lipinski definition) is 7. The van der Waals surface area contributed by atoms with Crippen LogP contribution in [0.4, 0.5) is 5.82 Å². The summed E-state index contributed by atoms with van der Waals surface area (Å²) < 4.78 is 11.5. The maximum absolute atomic E-state index is 13.1. The van der Waals surface area contributed by atoms with Crippen molar-refractivity contribution in [1.82, 2.24) is 14.9 Å². The van der Waals surface area contributed by atoms with Gasteiger partial charge in [-0.2, -0.15) is 5.26 Å². The summed E-state index contributed by atoms with van der Waals surface area (Å²) in [7, 11) is 1.59. The van der Waals surface area contributed by atoms with Gasteiger partial charge in [-0.1, -0.05) is 6.07 Å². The number of aromatic nitrogens is 2. The molecule has 0 spiro atoms. The van der Waals surface area contributed by atoms with Crippen molar-refractivity contribution in [3.05, 3.63) is 47.8 Å². The summed E-state index contributed by atoms with van der Waals surface area (Å²) >= 11 is 0. The first kappa shape index (κ1) is 24.5. The summed E-state index contributed by atoms with van der Waals surface area (Å²) in [4.78, 5) is 26.0. The van der Waals surface area contributed by atoms with Gasteiger partial charge >= 0.3 is 0 Å². The number of amides is 1. The van der Waals surface area contributed by atoms with Crippen molar-refractivity contribution >= 4 is 11.7 Å². The molecule has 2 aromatic heterocycles. The van der Waals surface area contributed by atoms with Crippen LogP contribution in [0.5, 0.6) is 5.88 Å². The maximum Gasteiger partial charge on any atom is 0.248 e. The van der Waals surface area contributed by atoms with Crippen molar-refractivity contribution in [2.45, 2.75) is 51.7 Å². The number of nitrogens with zero attached hydrogens (tertiary/aromatic N) is 5. The molecule has 0 N–H and O–H groups in total. The van der Waals surface area contributed by atoms with Crippen LogP contribution in [0.25, 0.3) is 0 Å². The minimum absolute atomic E-state index is 0.0146. The second-order valence-electron chi connectivity index (χ2n) is 8.29. The van der Waals surface area contributed by atoms with E-state index in [1.807, 2.05) is 36.1 Å². The van der Waals surface area contributed by atoms with E-state index in [1.165, 1.54) is 0 Å². The highest BCUT2D eigenvalue weighted by atomic mass is 16.5. The monoisotopic (exact) mass is 451 g/mol. The molecule has 1 unspecified atom stereocenters. The van der Waals surface area contributed by atoms with Crippen molar-refractivity contribution in [3.63, 3.8) is 0 Å². The van der Waals surface area contributed by atoms with Gasteiger partial charge in [-0.15, -0.1) is 0 Å². The lowest BCUT2D eigenvalue weighted by Crippen LogP contribution is -2.47. The second kappa shape index (κ2) is 11.1. The Balaban J connectivity index is 1.63. The Hall–Kier alpha value is -3.18. The van der Waals surface area contributed by atoms with Crippen LogP contribution in [0.1, 0.15) is 51.3 Å². The fraction of sp³-hybridized carbons (Fsp3) is 0.520. The SMILES string of the molecule is CCN(CC(C)N(CC)c1ccc(C#N)cn1)C(=O)COC1(c2cccc(OC)n2)CCC1. The second-order valence-corrected chi connectivity index (χ2v) is 8.29. The largest absolute Gasteiger partial charge is 0.481 e. The van der Waals surface area contributed by atoms with Crippen LogP contribution in [0.15, 0.2) is 36.5 Å². The predicted octanol–water partition coefficient (Wildman–Crippen LogP) is 3.52. The topological polar surface area (TPSA) is 91.6 Å². The van der Waals surface area contributed by atoms with Gasteiger partial charge in [0.1, 0.15) is 24.1 Å². The smallest absolute Gasteiger partial charge is 0.248 e. The predicted molar refractivity (Wildman–Crippen MR) is 126 cm³/mol. The number of carbonyl (C=O) groups is 1. The Morgan fingerprint density at radius 3 is 2.58 bits per heavy atom. The lowest BCUT2D eigenvalue weighted by Gasteiger charge is -2.41. The lowest BCUT2D eigenvalue weighted by molar-refractivity contribution is -0.154. The highest BCUT2D eigenvalue weighted by Gasteiger charge is 2.42. The average Bonchev–Trinajstić information content (AvgIpc) is 2.82. The van der Waals surface area contributed by atoms with Crippen LogP contribution in [0.2, 0.25) is 0 Å². The summed E-state index contributed by atoms with van der Waals surface area (Å²) in [5, 5.41) is 9.00. The van der Waals surface area contributed by atoms with Gasteiger partial charge in [0, 0.05) is 37.9 Å². The van der Waals surface area contributed by atoms with Crippen LogP contribution < -0.4 is 9.64 Å². The molecule has 3 rings (SSSR count). The van der Waals surface area contributed by atoms with E-state index < -0.39 is 5.60 Å². The van der Waals surface area contributed by atoms with Gasteiger partial charge < -0.3 is 19.3 Å². The Morgan fingerprint density at radius 2 is 2.03 bits per heavy atom. The number of ether oxygens (including phenoxy) is 2. The number of nitriles is 1. The van der Waals surface area contributed by atoms with Gasteiger partial charge in [0.05, 0.1) is 18.4 Å². The molecule has 1 aliphatic carbocycles. The van der Waals surface area contributed by atoms with E-state index >= 15 is 0 Å². The molecule has 0 aliphatic heterocycles. The van der Waals surface area contributed by atoms with Gasteiger partial charge in [0.25, 0.3) is 0 Å². The third-order valence-electron chi connectivity index (χ3n) is 6.30. The third kappa shape index (κ3) is 5.60. The summed E-state index contributed by atoms with van der Waals surface area (Å²) in [6.07, 6.45) is 4.31. The molecule has 0 aromatic carbocycles. The molecule has 2 heterocycles. The zero-order valence-electron chi connectivity index (χ0n) is 20.0. The van der Waals surface area contributed by atoms with E-state index in [-0.39, 0.29) is 18.6 Å². The zero-order chi connectivity index (χ0) is 23.8. The average molecular weight is 452 g/mol. The normalized spacial score (nSPS) is 15.1. The highest BCUT2D eigenvalue weighted by Crippen LogP contribution is 2.44. The van der Waals surface area contributed by atoms with E-state index in [0.29, 0.717) is 24.5 Å². The van der Waals surface area contributed by atoms with E-state index in [4.69, 9.17) is 14.7 Å². The lowest BCUT2D eigenvalue weighted by atomic mass is 9.77. The van der Waals surface area contributed by atoms with Gasteiger partial charge in [0.15, 0.2) is 0 Å². The number of hydrogen-bond donors (Lipinski definition) is 0. The molecule has 0 radical (unpaired) electrons. The quantitative estimate of drug-likeness (QED) is 0.516. The molecule has 33 heavy (non-hydrogen) atoms. The first-order valence-corrected chi connectivity index (χ1v) is 11.5. The van der Waals surface area contributed by atoms with Crippen molar-refractivity contribution in [2.75, 3.05) is 38.3 Å². The molecular formula is C25H33N5O3. The minimum atomic E-state index is -0.517. The van der Waals surface area contributed by atoms with E-state index in [0.717, 1.165) is 37.3 Å². The number of anilines is 1. The third-order valence-corrected chi connectivity index (χ3v) is 6.30. The van der Waals surface area contributed by atoms with Gasteiger partial charge in [-0.25, -0.2) is 9.97 Å². The molecule has 1 saturated carbocycles. The zero-order valence-corrected chi connectivity index (χ0v) is 20.0. The van der Waals surface area contributed by atoms with Crippen molar-refractivity contribution in [1.29, 1.82) is 5.26 Å². The molecule has 8 heteroatoms. The van der Waals surface area contributed by atoms with E-state index in [2.05, 4.69) is 34.8 Å². The molecule has 1 atom stereocenters. The Morgan fingerprint density at radius 1 is 1.24 bits per heavy atom. The van der Waals surface area contributed by atoms with Crippen LogP contribution in [0.3, 0.4) is 0 Å². The molecule has 0 bridgehead atoms. The van der Waals surface area contributed by atoms with Crippen molar-refractivity contribution in [3.8, 4) is 11.9 Å². The number of likely N-dealkylation sites (N-methyl/N-ethyl adjacent to an activating group) is 2. The van der Waals surface area contributed by atoms with Crippen LogP contribution in [0, 0.1) is 11.3 Å². The van der Waals surface area contributed by atoms with Gasteiger partial charge in [0.2, 0.25) is 11.8 Å². The number of rotatable bonds is 11. The van der Waals surface area contributed by atoms with Gasteiger partial charge in [-0.05, 0) is 58.2 Å².